The summed E-state index contributed by atoms with van der Waals surface area (Å²) >= 11 is 0. The van der Waals surface area contributed by atoms with E-state index in [0.717, 1.165) is 31.4 Å². The van der Waals surface area contributed by atoms with E-state index in [1.165, 1.54) is 24.8 Å². The van der Waals surface area contributed by atoms with Crippen molar-refractivity contribution in [3.63, 3.8) is 0 Å². The van der Waals surface area contributed by atoms with Crippen LogP contribution >= 0.6 is 0 Å². The summed E-state index contributed by atoms with van der Waals surface area (Å²) in [6.45, 7) is 6.23. The van der Waals surface area contributed by atoms with Gasteiger partial charge in [-0.05, 0) is 36.6 Å². The predicted molar refractivity (Wildman–Crippen MR) is 77.5 cm³/mol. The lowest BCUT2D eigenvalue weighted by Crippen LogP contribution is -2.11. The summed E-state index contributed by atoms with van der Waals surface area (Å²) in [6, 6.07) is 8.26. The Balaban J connectivity index is 1.54. The molecule has 0 saturated heterocycles. The van der Waals surface area contributed by atoms with E-state index in [1.807, 2.05) is 12.1 Å². The normalized spacial score (nSPS) is 14.6. The minimum absolute atomic E-state index is 0.636. The van der Waals surface area contributed by atoms with Crippen LogP contribution in [0.4, 0.5) is 0 Å². The molecule has 0 bridgehead atoms. The highest BCUT2D eigenvalue weighted by Gasteiger charge is 2.20. The monoisotopic (exact) mass is 263 g/mol. The number of hydrogen-bond donors (Lipinski definition) is 1. The van der Waals surface area contributed by atoms with Crippen LogP contribution in [0.5, 0.6) is 5.75 Å². The van der Waals surface area contributed by atoms with Crippen LogP contribution in [0.15, 0.2) is 24.3 Å². The molecule has 0 aromatic heterocycles. The molecule has 0 heterocycles. The van der Waals surface area contributed by atoms with Gasteiger partial charge in [0.2, 0.25) is 0 Å². The lowest BCUT2D eigenvalue weighted by molar-refractivity contribution is 0.0958. The molecule has 0 aliphatic heterocycles. The van der Waals surface area contributed by atoms with Crippen molar-refractivity contribution in [1.29, 1.82) is 0 Å². The summed E-state index contributed by atoms with van der Waals surface area (Å²) in [5.74, 6) is 1.87. The fourth-order valence-electron chi connectivity index (χ4n) is 1.95. The number of hydrogen-bond acceptors (Lipinski definition) is 3. The Labute approximate surface area is 116 Å². The average Bonchev–Trinajstić information content (AvgIpc) is 3.26. The largest absolute Gasteiger partial charge is 0.491 e. The smallest absolute Gasteiger partial charge is 0.119 e. The maximum Gasteiger partial charge on any atom is 0.119 e. The summed E-state index contributed by atoms with van der Waals surface area (Å²) in [5.41, 5.74) is 1.29. The van der Waals surface area contributed by atoms with Gasteiger partial charge in [-0.1, -0.05) is 31.9 Å². The third-order valence-corrected chi connectivity index (χ3v) is 3.37. The van der Waals surface area contributed by atoms with E-state index in [-0.39, 0.29) is 0 Å². The van der Waals surface area contributed by atoms with Crippen LogP contribution in [-0.4, -0.2) is 26.4 Å². The number of rotatable bonds is 10. The summed E-state index contributed by atoms with van der Waals surface area (Å²) in [4.78, 5) is 0. The Hall–Kier alpha value is -1.06. The lowest BCUT2D eigenvalue weighted by Gasteiger charge is -2.08. The molecule has 3 heteroatoms. The molecule has 0 spiro atoms. The van der Waals surface area contributed by atoms with Gasteiger partial charge >= 0.3 is 0 Å². The molecule has 1 aliphatic rings. The average molecular weight is 263 g/mol. The molecule has 3 nitrogen and oxygen atoms in total. The molecule has 106 valence electrons. The van der Waals surface area contributed by atoms with Crippen LogP contribution in [0, 0.1) is 5.92 Å². The van der Waals surface area contributed by atoms with Crippen molar-refractivity contribution in [1.82, 2.24) is 5.32 Å². The van der Waals surface area contributed by atoms with Gasteiger partial charge in [-0.25, -0.2) is 0 Å². The topological polar surface area (TPSA) is 30.5 Å². The molecule has 0 amide bonds. The molecule has 1 N–H and O–H groups in total. The van der Waals surface area contributed by atoms with Gasteiger partial charge in [0.1, 0.15) is 12.4 Å². The number of ether oxygens (including phenoxy) is 2. The van der Waals surface area contributed by atoms with E-state index < -0.39 is 0 Å². The fraction of sp³-hybridized carbons (Fsp3) is 0.625. The van der Waals surface area contributed by atoms with Crippen molar-refractivity contribution in [3.05, 3.63) is 29.8 Å². The van der Waals surface area contributed by atoms with Gasteiger partial charge in [0.05, 0.1) is 6.61 Å². The molecule has 19 heavy (non-hydrogen) atoms. The third kappa shape index (κ3) is 6.08. The van der Waals surface area contributed by atoms with Crippen molar-refractivity contribution in [2.75, 3.05) is 26.4 Å². The SMILES string of the molecule is CCNCc1ccc(OCCOCCC2CC2)cc1. The lowest BCUT2D eigenvalue weighted by atomic mass is 10.2. The van der Waals surface area contributed by atoms with E-state index in [1.54, 1.807) is 0 Å². The van der Waals surface area contributed by atoms with Crippen molar-refractivity contribution in [2.45, 2.75) is 32.7 Å². The Morgan fingerprint density at radius 2 is 1.89 bits per heavy atom. The Morgan fingerprint density at radius 3 is 2.58 bits per heavy atom. The van der Waals surface area contributed by atoms with Gasteiger partial charge in [0.15, 0.2) is 0 Å². The maximum absolute atomic E-state index is 5.64. The van der Waals surface area contributed by atoms with E-state index in [9.17, 15) is 0 Å². The van der Waals surface area contributed by atoms with Crippen molar-refractivity contribution >= 4 is 0 Å². The zero-order chi connectivity index (χ0) is 13.3. The summed E-state index contributed by atoms with van der Waals surface area (Å²) in [5, 5.41) is 3.30. The zero-order valence-electron chi connectivity index (χ0n) is 11.9. The molecule has 0 atom stereocenters. The number of nitrogens with one attached hydrogen (secondary N) is 1. The highest BCUT2D eigenvalue weighted by molar-refractivity contribution is 5.27. The highest BCUT2D eigenvalue weighted by Crippen LogP contribution is 2.31. The highest BCUT2D eigenvalue weighted by atomic mass is 16.5. The zero-order valence-corrected chi connectivity index (χ0v) is 11.9. The van der Waals surface area contributed by atoms with Crippen LogP contribution in [-0.2, 0) is 11.3 Å². The van der Waals surface area contributed by atoms with E-state index in [2.05, 4.69) is 24.4 Å². The van der Waals surface area contributed by atoms with E-state index >= 15 is 0 Å². The van der Waals surface area contributed by atoms with Crippen molar-refractivity contribution in [2.24, 2.45) is 5.92 Å². The molecule has 0 radical (unpaired) electrons. The molecule has 1 aromatic rings. The second-order valence-corrected chi connectivity index (χ2v) is 5.12. The quantitative estimate of drug-likeness (QED) is 0.658. The standard InChI is InChI=1S/C16H25NO2/c1-2-17-13-15-5-7-16(8-6-15)19-12-11-18-10-9-14-3-4-14/h5-8,14,17H,2-4,9-13H2,1H3. The van der Waals surface area contributed by atoms with Crippen molar-refractivity contribution in [3.8, 4) is 5.75 Å². The second-order valence-electron chi connectivity index (χ2n) is 5.12. The first-order valence-electron chi connectivity index (χ1n) is 7.38. The van der Waals surface area contributed by atoms with Crippen LogP contribution in [0.1, 0.15) is 31.7 Å². The summed E-state index contributed by atoms with van der Waals surface area (Å²) < 4.78 is 11.2. The van der Waals surface area contributed by atoms with Gasteiger partial charge in [-0.15, -0.1) is 0 Å². The maximum atomic E-state index is 5.64. The van der Waals surface area contributed by atoms with Gasteiger partial charge < -0.3 is 14.8 Å². The Kier molecular flexibility index (Phi) is 6.18. The molecule has 2 rings (SSSR count). The molecule has 1 fully saturated rings. The summed E-state index contributed by atoms with van der Waals surface area (Å²) in [7, 11) is 0. The first kappa shape index (κ1) is 14.4. The fourth-order valence-corrected chi connectivity index (χ4v) is 1.95. The molecular formula is C16H25NO2. The van der Waals surface area contributed by atoms with Gasteiger partial charge in [0, 0.05) is 13.2 Å². The second kappa shape index (κ2) is 8.18. The van der Waals surface area contributed by atoms with Gasteiger partial charge in [-0.2, -0.15) is 0 Å². The van der Waals surface area contributed by atoms with E-state index in [0.29, 0.717) is 13.2 Å². The predicted octanol–water partition coefficient (Wildman–Crippen LogP) is 2.99. The molecule has 1 aromatic carbocycles. The minimum atomic E-state index is 0.636. The summed E-state index contributed by atoms with van der Waals surface area (Å²) in [6.07, 6.45) is 4.03. The molecule has 1 aliphatic carbocycles. The molecular weight excluding hydrogens is 238 g/mol. The molecule has 1 saturated carbocycles. The van der Waals surface area contributed by atoms with Crippen LogP contribution in [0.2, 0.25) is 0 Å². The van der Waals surface area contributed by atoms with Crippen molar-refractivity contribution < 1.29 is 9.47 Å². The van der Waals surface area contributed by atoms with Crippen LogP contribution in [0.3, 0.4) is 0 Å². The third-order valence-electron chi connectivity index (χ3n) is 3.37. The molecule has 0 unspecified atom stereocenters. The Morgan fingerprint density at radius 1 is 1.11 bits per heavy atom. The van der Waals surface area contributed by atoms with Gasteiger partial charge in [-0.3, -0.25) is 0 Å². The first-order chi connectivity index (χ1) is 9.38. The van der Waals surface area contributed by atoms with Gasteiger partial charge in [0.25, 0.3) is 0 Å². The Bertz CT molecular complexity index is 346. The first-order valence-corrected chi connectivity index (χ1v) is 7.38. The number of benzene rings is 1. The van der Waals surface area contributed by atoms with Crippen LogP contribution < -0.4 is 10.1 Å². The van der Waals surface area contributed by atoms with Crippen LogP contribution in [0.25, 0.3) is 0 Å². The van der Waals surface area contributed by atoms with E-state index in [4.69, 9.17) is 9.47 Å². The minimum Gasteiger partial charge on any atom is -0.491 e.